The molecule has 0 amide bonds. The quantitative estimate of drug-likeness (QED) is 0.430. The van der Waals surface area contributed by atoms with Crippen molar-refractivity contribution in [3.05, 3.63) is 52.0 Å². The second kappa shape index (κ2) is 9.39. The summed E-state index contributed by atoms with van der Waals surface area (Å²) < 4.78 is 46.5. The van der Waals surface area contributed by atoms with Crippen molar-refractivity contribution in [2.24, 2.45) is 18.7 Å². The lowest BCUT2D eigenvalue weighted by Gasteiger charge is -2.41. The molecule has 0 bridgehead atoms. The summed E-state index contributed by atoms with van der Waals surface area (Å²) in [5, 5.41) is 13.0. The minimum atomic E-state index is -3.07. The maximum atomic E-state index is 14.9. The highest BCUT2D eigenvalue weighted by Gasteiger charge is 2.48. The largest absolute Gasteiger partial charge is 0.390 e. The number of piperidine rings is 1. The Morgan fingerprint density at radius 3 is 2.62 bits per heavy atom. The third-order valence-corrected chi connectivity index (χ3v) is 6.77. The zero-order valence-corrected chi connectivity index (χ0v) is 21.1. The maximum absolute atomic E-state index is 14.9. The van der Waals surface area contributed by atoms with E-state index in [0.717, 1.165) is 6.07 Å². The molecular formula is C25H30F3N7O2. The number of nitrogens with two attached hydrogens (primary N) is 1. The van der Waals surface area contributed by atoms with Crippen LogP contribution in [0.4, 0.5) is 36.2 Å². The SMILES string of the molecule is [C-]#[N+]c1cc(F)c(Nc2ccc3c(c2)n(CCC(C)(C)O)c(=O)n3C)nc1N1C[C@@H](N)C(F)(F)[C@@H](C)C1. The van der Waals surface area contributed by atoms with Crippen molar-refractivity contribution in [2.45, 2.75) is 51.3 Å². The number of aryl methyl sites for hydroxylation is 2. The van der Waals surface area contributed by atoms with Crippen LogP contribution in [0.2, 0.25) is 0 Å². The molecule has 4 N–H and O–H groups in total. The van der Waals surface area contributed by atoms with Crippen molar-refractivity contribution in [1.82, 2.24) is 14.1 Å². The number of hydrogen-bond acceptors (Lipinski definition) is 6. The Morgan fingerprint density at radius 1 is 1.30 bits per heavy atom. The number of benzene rings is 1. The van der Waals surface area contributed by atoms with Gasteiger partial charge in [-0.05, 0) is 44.5 Å². The van der Waals surface area contributed by atoms with E-state index in [-0.39, 0.29) is 42.6 Å². The molecule has 0 unspecified atom stereocenters. The Labute approximate surface area is 212 Å². The predicted octanol–water partition coefficient (Wildman–Crippen LogP) is 3.75. The highest BCUT2D eigenvalue weighted by Crippen LogP contribution is 2.38. The smallest absolute Gasteiger partial charge is 0.328 e. The van der Waals surface area contributed by atoms with E-state index >= 15 is 0 Å². The van der Waals surface area contributed by atoms with Crippen LogP contribution in [-0.4, -0.2) is 49.9 Å². The molecule has 0 spiro atoms. The number of aliphatic hydroxyl groups is 1. The van der Waals surface area contributed by atoms with E-state index in [4.69, 9.17) is 12.3 Å². The third kappa shape index (κ3) is 5.01. The van der Waals surface area contributed by atoms with E-state index < -0.39 is 29.3 Å². The number of fused-ring (bicyclic) bond motifs is 1. The number of pyridine rings is 1. The molecule has 0 saturated carbocycles. The minimum absolute atomic E-state index is 0.0691. The number of nitrogens with zero attached hydrogens (tertiary/aromatic N) is 5. The molecule has 2 aromatic heterocycles. The maximum Gasteiger partial charge on any atom is 0.328 e. The van der Waals surface area contributed by atoms with Crippen molar-refractivity contribution in [2.75, 3.05) is 23.3 Å². The molecule has 1 saturated heterocycles. The number of hydrogen-bond donors (Lipinski definition) is 3. The Hall–Kier alpha value is -3.56. The number of imidazole rings is 1. The first-order valence-electron chi connectivity index (χ1n) is 11.9. The predicted molar refractivity (Wildman–Crippen MR) is 136 cm³/mol. The molecule has 37 heavy (non-hydrogen) atoms. The molecule has 1 aliphatic heterocycles. The fourth-order valence-corrected chi connectivity index (χ4v) is 4.52. The van der Waals surface area contributed by atoms with Gasteiger partial charge in [0, 0.05) is 38.3 Å². The van der Waals surface area contributed by atoms with Crippen molar-refractivity contribution < 1.29 is 18.3 Å². The van der Waals surface area contributed by atoms with Gasteiger partial charge in [0.05, 0.1) is 29.2 Å². The van der Waals surface area contributed by atoms with Gasteiger partial charge in [-0.2, -0.15) is 0 Å². The van der Waals surface area contributed by atoms with Crippen LogP contribution in [0.1, 0.15) is 27.2 Å². The van der Waals surface area contributed by atoms with Gasteiger partial charge in [0.1, 0.15) is 5.82 Å². The van der Waals surface area contributed by atoms with Gasteiger partial charge < -0.3 is 21.1 Å². The lowest BCUT2D eigenvalue weighted by atomic mass is 9.91. The Kier molecular flexibility index (Phi) is 6.73. The van der Waals surface area contributed by atoms with Crippen LogP contribution in [0.15, 0.2) is 29.1 Å². The summed E-state index contributed by atoms with van der Waals surface area (Å²) in [6, 6.07) is 4.59. The number of anilines is 3. The van der Waals surface area contributed by atoms with Crippen LogP contribution in [0.25, 0.3) is 15.9 Å². The number of nitrogens with one attached hydrogen (secondary N) is 1. The summed E-state index contributed by atoms with van der Waals surface area (Å²) in [4.78, 5) is 21.9. The summed E-state index contributed by atoms with van der Waals surface area (Å²) in [7, 11) is 1.64. The third-order valence-electron chi connectivity index (χ3n) is 6.77. The van der Waals surface area contributed by atoms with E-state index in [0.29, 0.717) is 23.1 Å². The molecule has 198 valence electrons. The minimum Gasteiger partial charge on any atom is -0.390 e. The molecule has 3 aromatic rings. The Balaban J connectivity index is 1.70. The lowest BCUT2D eigenvalue weighted by molar-refractivity contribution is -0.0806. The number of aromatic nitrogens is 3. The van der Waals surface area contributed by atoms with Gasteiger partial charge in [-0.1, -0.05) is 6.92 Å². The summed E-state index contributed by atoms with van der Waals surface area (Å²) in [5.41, 5.74) is 6.05. The van der Waals surface area contributed by atoms with E-state index in [9.17, 15) is 23.1 Å². The number of halogens is 3. The molecular weight excluding hydrogens is 487 g/mol. The van der Waals surface area contributed by atoms with Crippen molar-refractivity contribution in [1.29, 1.82) is 0 Å². The molecule has 0 radical (unpaired) electrons. The highest BCUT2D eigenvalue weighted by molar-refractivity contribution is 5.82. The summed E-state index contributed by atoms with van der Waals surface area (Å²) in [6.07, 6.45) is 0.344. The first-order valence-corrected chi connectivity index (χ1v) is 11.9. The van der Waals surface area contributed by atoms with Gasteiger partial charge >= 0.3 is 5.69 Å². The van der Waals surface area contributed by atoms with Gasteiger partial charge in [-0.3, -0.25) is 9.13 Å². The normalized spacial score (nSPS) is 19.7. The first-order chi connectivity index (χ1) is 17.2. The Bertz CT molecular complexity index is 1420. The second-order valence-electron chi connectivity index (χ2n) is 10.2. The van der Waals surface area contributed by atoms with Crippen LogP contribution >= 0.6 is 0 Å². The van der Waals surface area contributed by atoms with E-state index in [1.54, 1.807) is 39.1 Å². The average molecular weight is 518 g/mol. The van der Waals surface area contributed by atoms with Crippen LogP contribution in [0.3, 0.4) is 0 Å². The van der Waals surface area contributed by atoms with Crippen molar-refractivity contribution >= 4 is 34.0 Å². The number of rotatable bonds is 6. The summed E-state index contributed by atoms with van der Waals surface area (Å²) in [6.45, 7) is 12.1. The van der Waals surface area contributed by atoms with Crippen LogP contribution in [-0.2, 0) is 13.6 Å². The van der Waals surface area contributed by atoms with Crippen molar-refractivity contribution in [3.8, 4) is 0 Å². The molecule has 3 heterocycles. The number of alkyl halides is 2. The zero-order chi connectivity index (χ0) is 27.3. The molecule has 12 heteroatoms. The molecule has 0 aliphatic carbocycles. The Morgan fingerprint density at radius 2 is 2.00 bits per heavy atom. The fourth-order valence-electron chi connectivity index (χ4n) is 4.52. The topological polar surface area (TPSA) is 106 Å². The van der Waals surface area contributed by atoms with Crippen LogP contribution < -0.4 is 21.6 Å². The first kappa shape index (κ1) is 26.5. The fraction of sp³-hybridized carbons (Fsp3) is 0.480. The molecule has 1 aliphatic rings. The second-order valence-corrected chi connectivity index (χ2v) is 10.2. The van der Waals surface area contributed by atoms with E-state index in [1.165, 1.54) is 21.0 Å². The zero-order valence-electron chi connectivity index (χ0n) is 21.1. The summed E-state index contributed by atoms with van der Waals surface area (Å²) >= 11 is 0. The van der Waals surface area contributed by atoms with Gasteiger partial charge in [-0.15, -0.1) is 0 Å². The van der Waals surface area contributed by atoms with E-state index in [2.05, 4.69) is 15.1 Å². The van der Waals surface area contributed by atoms with Crippen molar-refractivity contribution in [3.63, 3.8) is 0 Å². The summed E-state index contributed by atoms with van der Waals surface area (Å²) in [5.74, 6) is -5.07. The standard InChI is InChI=1S/C25H30F3N7O2/c1-14-12-34(13-20(29)25(14,27)28)22-17(30-4)11-16(26)21(32-22)31-15-6-7-18-19(10-15)35(23(36)33(18)5)9-8-24(2,3)37/h6-7,10-11,14,20,37H,8-9,12-13,29H2,1-3,5H3,(H,31,32)/t14-,20+/m0/s1. The van der Waals surface area contributed by atoms with Gasteiger partial charge in [0.25, 0.3) is 5.92 Å². The van der Waals surface area contributed by atoms with Crippen LogP contribution in [0, 0.1) is 18.3 Å². The molecule has 1 aromatic carbocycles. The molecule has 2 atom stereocenters. The van der Waals surface area contributed by atoms with Gasteiger partial charge in [0.15, 0.2) is 11.6 Å². The lowest BCUT2D eigenvalue weighted by Crippen LogP contribution is -2.60. The molecule has 9 nitrogen and oxygen atoms in total. The monoisotopic (exact) mass is 517 g/mol. The van der Waals surface area contributed by atoms with Gasteiger partial charge in [-0.25, -0.2) is 27.8 Å². The van der Waals surface area contributed by atoms with Crippen LogP contribution in [0.5, 0.6) is 0 Å². The molecule has 1 fully saturated rings. The average Bonchev–Trinajstić information content (AvgIpc) is 3.05. The molecule has 4 rings (SSSR count). The van der Waals surface area contributed by atoms with E-state index in [1.807, 2.05) is 0 Å². The highest BCUT2D eigenvalue weighted by atomic mass is 19.3. The van der Waals surface area contributed by atoms with Gasteiger partial charge in [0.2, 0.25) is 5.69 Å².